The van der Waals surface area contributed by atoms with E-state index in [1.165, 1.54) is 0 Å². The Morgan fingerprint density at radius 2 is 2.31 bits per heavy atom. The molecule has 3 N–H and O–H groups in total. The van der Waals surface area contributed by atoms with Gasteiger partial charge in [-0.25, -0.2) is 4.79 Å². The van der Waals surface area contributed by atoms with Crippen molar-refractivity contribution < 1.29 is 9.90 Å². The average Bonchev–Trinajstić information content (AvgIpc) is 2.58. The maximum Gasteiger partial charge on any atom is 0.332 e. The molecule has 1 aromatic rings. The number of nitrogens with zero attached hydrogens (tertiary/aromatic N) is 1. The summed E-state index contributed by atoms with van der Waals surface area (Å²) in [6, 6.07) is 4.37. The maximum atomic E-state index is 11.1. The minimum Gasteiger partial charge on any atom is -0.479 e. The highest BCUT2D eigenvalue weighted by Gasteiger charge is 2.25. The summed E-state index contributed by atoms with van der Waals surface area (Å²) < 4.78 is 0. The minimum absolute atomic E-state index is 0.403. The number of carboxylic acid groups (broad SMARTS) is 1. The van der Waals surface area contributed by atoms with Crippen molar-refractivity contribution in [2.24, 2.45) is 10.7 Å². The molecule has 0 radical (unpaired) electrons. The van der Waals surface area contributed by atoms with Crippen molar-refractivity contribution in [2.45, 2.75) is 12.5 Å². The largest absolute Gasteiger partial charge is 0.479 e. The zero-order valence-corrected chi connectivity index (χ0v) is 9.24. The van der Waals surface area contributed by atoms with Crippen LogP contribution in [0.2, 0.25) is 5.02 Å². The van der Waals surface area contributed by atoms with E-state index in [9.17, 15) is 4.79 Å². The number of carboxylic acids is 1. The standard InChI is InChI=1S/C11H11ClN2O2/c12-6-1-2-9-8(5-6)7(3-4-13)10(14-9)11(15)16/h1-2,5,10H,3-4,13H2,(H,15,16)/t10-/m1/s1. The van der Waals surface area contributed by atoms with Gasteiger partial charge in [0, 0.05) is 10.2 Å². The highest BCUT2D eigenvalue weighted by atomic mass is 35.5. The third-order valence-corrected chi connectivity index (χ3v) is 2.79. The molecule has 0 saturated heterocycles. The van der Waals surface area contributed by atoms with Gasteiger partial charge in [-0.05, 0) is 36.7 Å². The van der Waals surface area contributed by atoms with Crippen LogP contribution in [0.25, 0.3) is 5.57 Å². The highest BCUT2D eigenvalue weighted by molar-refractivity contribution is 6.30. The Hall–Kier alpha value is -1.39. The molecule has 0 unspecified atom stereocenters. The molecule has 1 heterocycles. The number of hydrogen-bond acceptors (Lipinski definition) is 3. The molecule has 1 aromatic carbocycles. The molecule has 0 aromatic heterocycles. The first-order valence-electron chi connectivity index (χ1n) is 4.93. The summed E-state index contributed by atoms with van der Waals surface area (Å²) in [6.45, 7) is 0.403. The fourth-order valence-corrected chi connectivity index (χ4v) is 2.05. The van der Waals surface area contributed by atoms with Crippen LogP contribution in [0.3, 0.4) is 0 Å². The van der Waals surface area contributed by atoms with Crippen molar-refractivity contribution in [3.05, 3.63) is 33.8 Å². The van der Waals surface area contributed by atoms with E-state index in [0.717, 1.165) is 10.8 Å². The molecular weight excluding hydrogens is 228 g/mol. The van der Waals surface area contributed by atoms with Crippen molar-refractivity contribution >= 4 is 23.1 Å². The first-order valence-corrected chi connectivity index (χ1v) is 5.30. The normalized spacial score (nSPS) is 18.1. The van der Waals surface area contributed by atoms with E-state index in [0.29, 0.717) is 23.3 Å². The predicted molar refractivity (Wildman–Crippen MR) is 60.7 cm³/mol. The van der Waals surface area contributed by atoms with Gasteiger partial charge in [-0.15, -0.1) is 0 Å². The van der Waals surface area contributed by atoms with E-state index in [4.69, 9.17) is 22.4 Å². The second kappa shape index (κ2) is 4.23. The van der Waals surface area contributed by atoms with Gasteiger partial charge in [-0.1, -0.05) is 11.6 Å². The Morgan fingerprint density at radius 1 is 1.56 bits per heavy atom. The third-order valence-electron chi connectivity index (χ3n) is 2.55. The molecule has 1 aliphatic rings. The van der Waals surface area contributed by atoms with E-state index < -0.39 is 12.0 Å². The van der Waals surface area contributed by atoms with E-state index >= 15 is 0 Å². The molecule has 0 saturated carbocycles. The number of fused-ring (bicyclic) bond motifs is 1. The number of benzene rings is 1. The van der Waals surface area contributed by atoms with Gasteiger partial charge < -0.3 is 10.8 Å². The zero-order valence-electron chi connectivity index (χ0n) is 8.48. The van der Waals surface area contributed by atoms with E-state index in [2.05, 4.69) is 4.99 Å². The third kappa shape index (κ3) is 1.81. The fraction of sp³-hybridized carbons (Fsp3) is 0.273. The molecule has 5 heteroatoms. The van der Waals surface area contributed by atoms with Gasteiger partial charge in [0.05, 0.1) is 5.36 Å². The van der Waals surface area contributed by atoms with Crippen LogP contribution in [0.4, 0.5) is 0 Å². The monoisotopic (exact) mass is 238 g/mol. The van der Waals surface area contributed by atoms with Crippen molar-refractivity contribution in [1.29, 1.82) is 0 Å². The second-order valence-corrected chi connectivity index (χ2v) is 4.03. The molecule has 2 rings (SSSR count). The van der Waals surface area contributed by atoms with Crippen LogP contribution in [0.5, 0.6) is 0 Å². The Kier molecular flexibility index (Phi) is 2.94. The van der Waals surface area contributed by atoms with Gasteiger partial charge in [-0.3, -0.25) is 4.99 Å². The zero-order chi connectivity index (χ0) is 11.7. The SMILES string of the molecule is NCCC1=c2cc(Cl)ccc2=N[C@H]1C(=O)O. The van der Waals surface area contributed by atoms with Crippen LogP contribution >= 0.6 is 11.6 Å². The Balaban J connectivity index is 2.66. The molecule has 84 valence electrons. The highest BCUT2D eigenvalue weighted by Crippen LogP contribution is 2.14. The van der Waals surface area contributed by atoms with E-state index in [1.54, 1.807) is 18.2 Å². The number of hydrogen-bond donors (Lipinski definition) is 2. The Labute approximate surface area is 97.1 Å². The lowest BCUT2D eigenvalue weighted by Gasteiger charge is -2.06. The average molecular weight is 239 g/mol. The first kappa shape index (κ1) is 11.1. The molecule has 1 aliphatic heterocycles. The Bertz CT molecular complexity index is 554. The minimum atomic E-state index is -0.948. The first-order chi connectivity index (χ1) is 7.63. The molecule has 0 aliphatic carbocycles. The maximum absolute atomic E-state index is 11.1. The Morgan fingerprint density at radius 3 is 2.94 bits per heavy atom. The molecule has 0 spiro atoms. The van der Waals surface area contributed by atoms with Crippen LogP contribution in [0.15, 0.2) is 23.2 Å². The molecule has 0 fully saturated rings. The number of rotatable bonds is 3. The van der Waals surface area contributed by atoms with Gasteiger partial charge in [0.15, 0.2) is 6.04 Å². The molecule has 16 heavy (non-hydrogen) atoms. The van der Waals surface area contributed by atoms with Crippen LogP contribution in [-0.2, 0) is 4.79 Å². The van der Waals surface area contributed by atoms with Crippen LogP contribution < -0.4 is 16.3 Å². The van der Waals surface area contributed by atoms with Crippen molar-refractivity contribution in [2.75, 3.05) is 6.54 Å². The summed E-state index contributed by atoms with van der Waals surface area (Å²) in [6.07, 6.45) is 0.522. The number of aliphatic carboxylic acids is 1. The lowest BCUT2D eigenvalue weighted by Crippen LogP contribution is -2.25. The number of halogens is 1. The summed E-state index contributed by atoms with van der Waals surface area (Å²) in [7, 11) is 0. The molecule has 0 bridgehead atoms. The molecule has 1 atom stereocenters. The van der Waals surface area contributed by atoms with Gasteiger partial charge in [0.1, 0.15) is 0 Å². The molecule has 4 nitrogen and oxygen atoms in total. The topological polar surface area (TPSA) is 75.7 Å². The van der Waals surface area contributed by atoms with Gasteiger partial charge >= 0.3 is 5.97 Å². The fourth-order valence-electron chi connectivity index (χ4n) is 1.87. The lowest BCUT2D eigenvalue weighted by molar-refractivity contribution is -0.137. The summed E-state index contributed by atoms with van der Waals surface area (Å²) >= 11 is 5.88. The second-order valence-electron chi connectivity index (χ2n) is 3.60. The molecule has 0 amide bonds. The van der Waals surface area contributed by atoms with Gasteiger partial charge in [0.25, 0.3) is 0 Å². The number of carbonyl (C=O) groups is 1. The lowest BCUT2D eigenvalue weighted by atomic mass is 10.0. The predicted octanol–water partition coefficient (Wildman–Crippen LogP) is -0.0741. The summed E-state index contributed by atoms with van der Waals surface area (Å²) in [5.74, 6) is -0.948. The van der Waals surface area contributed by atoms with Crippen molar-refractivity contribution in [3.63, 3.8) is 0 Å². The van der Waals surface area contributed by atoms with Crippen LogP contribution in [0, 0.1) is 0 Å². The smallest absolute Gasteiger partial charge is 0.332 e. The number of nitrogens with two attached hydrogens (primary N) is 1. The van der Waals surface area contributed by atoms with Gasteiger partial charge in [-0.2, -0.15) is 0 Å². The van der Waals surface area contributed by atoms with Crippen molar-refractivity contribution in [3.8, 4) is 0 Å². The summed E-state index contributed by atoms with van der Waals surface area (Å²) in [5.41, 5.74) is 6.22. The summed E-state index contributed by atoms with van der Waals surface area (Å²) in [4.78, 5) is 15.2. The van der Waals surface area contributed by atoms with E-state index in [-0.39, 0.29) is 0 Å². The van der Waals surface area contributed by atoms with E-state index in [1.807, 2.05) is 0 Å². The van der Waals surface area contributed by atoms with Crippen LogP contribution in [0.1, 0.15) is 6.42 Å². The van der Waals surface area contributed by atoms with Crippen molar-refractivity contribution in [1.82, 2.24) is 0 Å². The van der Waals surface area contributed by atoms with Gasteiger partial charge in [0.2, 0.25) is 0 Å². The summed E-state index contributed by atoms with van der Waals surface area (Å²) in [5, 5.41) is 11.1. The quantitative estimate of drug-likeness (QED) is 0.774. The molecular formula is C11H11ClN2O2. The van der Waals surface area contributed by atoms with Crippen LogP contribution in [-0.4, -0.2) is 23.7 Å².